The van der Waals surface area contributed by atoms with Gasteiger partial charge in [0.15, 0.2) is 0 Å². The maximum atomic E-state index is 11.4. The maximum absolute atomic E-state index is 11.4. The van der Waals surface area contributed by atoms with Crippen molar-refractivity contribution in [2.75, 3.05) is 13.1 Å². The van der Waals surface area contributed by atoms with Crippen LogP contribution in [0.4, 0.5) is 0 Å². The van der Waals surface area contributed by atoms with Crippen molar-refractivity contribution in [3.8, 4) is 0 Å². The zero-order chi connectivity index (χ0) is 11.3. The Morgan fingerprint density at radius 1 is 1.14 bits per heavy atom. The number of aliphatic carboxylic acids is 1. The second-order valence-corrected chi connectivity index (χ2v) is 3.17. The summed E-state index contributed by atoms with van der Waals surface area (Å²) in [5, 5.41) is 7.38. The number of amides is 1. The molecule has 80 valence electrons. The fraction of sp³-hybridized carbons (Fsp3) is 0.500. The Morgan fingerprint density at radius 3 is 1.86 bits per heavy atom. The van der Waals surface area contributed by atoms with Gasteiger partial charge in [-0.3, -0.25) is 4.79 Å². The van der Waals surface area contributed by atoms with Crippen LogP contribution in [0.3, 0.4) is 0 Å². The standard InChI is InChI=1S/C8H11Cl2NO3/c1-3-11(4-2)7(12)5(9)6(10)8(13)14/h3-4H2,1-2H3,(H,13,14)/b6-5-. The highest BCUT2D eigenvalue weighted by Gasteiger charge is 2.20. The molecule has 1 amide bonds. The van der Waals surface area contributed by atoms with Crippen LogP contribution in [0.25, 0.3) is 0 Å². The van der Waals surface area contributed by atoms with Crippen LogP contribution in [0.1, 0.15) is 13.8 Å². The molecule has 0 aromatic rings. The van der Waals surface area contributed by atoms with Crippen LogP contribution >= 0.6 is 23.2 Å². The molecule has 0 aromatic carbocycles. The van der Waals surface area contributed by atoms with E-state index in [1.165, 1.54) is 4.90 Å². The molecule has 0 atom stereocenters. The molecule has 0 spiro atoms. The van der Waals surface area contributed by atoms with E-state index in [2.05, 4.69) is 0 Å². The van der Waals surface area contributed by atoms with Crippen molar-refractivity contribution in [2.24, 2.45) is 0 Å². The Bertz CT molecular complexity index is 272. The van der Waals surface area contributed by atoms with Gasteiger partial charge in [0, 0.05) is 13.1 Å². The summed E-state index contributed by atoms with van der Waals surface area (Å²) >= 11 is 10.8. The topological polar surface area (TPSA) is 57.6 Å². The lowest BCUT2D eigenvalue weighted by atomic mass is 10.4. The molecule has 1 N–H and O–H groups in total. The van der Waals surface area contributed by atoms with Crippen LogP contribution in [-0.4, -0.2) is 35.0 Å². The van der Waals surface area contributed by atoms with E-state index in [4.69, 9.17) is 28.3 Å². The Hall–Kier alpha value is -0.740. The van der Waals surface area contributed by atoms with Crippen molar-refractivity contribution >= 4 is 35.1 Å². The van der Waals surface area contributed by atoms with Crippen molar-refractivity contribution in [1.82, 2.24) is 4.90 Å². The van der Waals surface area contributed by atoms with Crippen molar-refractivity contribution in [3.05, 3.63) is 10.1 Å². The summed E-state index contributed by atoms with van der Waals surface area (Å²) in [5.74, 6) is -1.97. The molecule has 0 saturated heterocycles. The molecule has 14 heavy (non-hydrogen) atoms. The van der Waals surface area contributed by atoms with E-state index >= 15 is 0 Å². The Kier molecular flexibility index (Phi) is 5.57. The molecular weight excluding hydrogens is 229 g/mol. The largest absolute Gasteiger partial charge is 0.477 e. The Balaban J connectivity index is 4.85. The minimum absolute atomic E-state index is 0.454. The molecule has 6 heteroatoms. The molecule has 0 rings (SSSR count). The van der Waals surface area contributed by atoms with E-state index in [1.807, 2.05) is 0 Å². The first-order valence-corrected chi connectivity index (χ1v) is 4.79. The molecular formula is C8H11Cl2NO3. The van der Waals surface area contributed by atoms with Crippen LogP contribution < -0.4 is 0 Å². The smallest absolute Gasteiger partial charge is 0.349 e. The van der Waals surface area contributed by atoms with Crippen LogP contribution in [-0.2, 0) is 9.59 Å². The zero-order valence-electron chi connectivity index (χ0n) is 7.88. The summed E-state index contributed by atoms with van der Waals surface area (Å²) in [6, 6.07) is 0. The van der Waals surface area contributed by atoms with Gasteiger partial charge < -0.3 is 10.0 Å². The lowest BCUT2D eigenvalue weighted by molar-refractivity contribution is -0.133. The van der Waals surface area contributed by atoms with Gasteiger partial charge in [-0.2, -0.15) is 0 Å². The first kappa shape index (κ1) is 13.3. The number of hydrogen-bond donors (Lipinski definition) is 1. The number of carbonyl (C=O) groups is 2. The molecule has 4 nitrogen and oxygen atoms in total. The number of halogens is 2. The highest BCUT2D eigenvalue weighted by Crippen LogP contribution is 2.16. The van der Waals surface area contributed by atoms with Gasteiger partial charge >= 0.3 is 5.97 Å². The third kappa shape index (κ3) is 3.20. The molecule has 0 radical (unpaired) electrons. The third-order valence-corrected chi connectivity index (χ3v) is 2.42. The monoisotopic (exact) mass is 239 g/mol. The molecule has 0 bridgehead atoms. The minimum atomic E-state index is -1.41. The first-order chi connectivity index (χ1) is 6.45. The lowest BCUT2D eigenvalue weighted by Crippen LogP contribution is -2.31. The fourth-order valence-corrected chi connectivity index (χ4v) is 1.12. The summed E-state index contributed by atoms with van der Waals surface area (Å²) in [6.45, 7) is 4.44. The highest BCUT2D eigenvalue weighted by molar-refractivity contribution is 6.53. The number of hydrogen-bond acceptors (Lipinski definition) is 2. The van der Waals surface area contributed by atoms with Gasteiger partial charge in [0.2, 0.25) is 0 Å². The minimum Gasteiger partial charge on any atom is -0.477 e. The van der Waals surface area contributed by atoms with Crippen LogP contribution in [0.2, 0.25) is 0 Å². The number of likely N-dealkylation sites (N-methyl/N-ethyl adjacent to an activating group) is 1. The van der Waals surface area contributed by atoms with Crippen LogP contribution in [0, 0.1) is 0 Å². The first-order valence-electron chi connectivity index (χ1n) is 4.03. The zero-order valence-corrected chi connectivity index (χ0v) is 9.39. The maximum Gasteiger partial charge on any atom is 0.349 e. The van der Waals surface area contributed by atoms with Crippen molar-refractivity contribution in [1.29, 1.82) is 0 Å². The summed E-state index contributed by atoms with van der Waals surface area (Å²) < 4.78 is 0. The van der Waals surface area contributed by atoms with E-state index in [1.54, 1.807) is 13.8 Å². The average molecular weight is 240 g/mol. The molecule has 0 aromatic heterocycles. The predicted molar refractivity (Wildman–Crippen MR) is 54.3 cm³/mol. The SMILES string of the molecule is CCN(CC)C(=O)/C(Cl)=C(/Cl)C(=O)O. The molecule has 0 fully saturated rings. The summed E-state index contributed by atoms with van der Waals surface area (Å²) in [6.07, 6.45) is 0. The molecule has 0 aliphatic carbocycles. The lowest BCUT2D eigenvalue weighted by Gasteiger charge is -2.17. The van der Waals surface area contributed by atoms with Gasteiger partial charge in [-0.15, -0.1) is 0 Å². The van der Waals surface area contributed by atoms with Gasteiger partial charge in [-0.1, -0.05) is 23.2 Å². The molecule has 0 unspecified atom stereocenters. The fourth-order valence-electron chi connectivity index (χ4n) is 0.837. The second kappa shape index (κ2) is 5.88. The quantitative estimate of drug-likeness (QED) is 0.759. The normalized spacial score (nSPS) is 12.0. The van der Waals surface area contributed by atoms with Crippen LogP contribution in [0.5, 0.6) is 0 Å². The second-order valence-electron chi connectivity index (χ2n) is 2.41. The van der Waals surface area contributed by atoms with Gasteiger partial charge in [0.05, 0.1) is 0 Å². The summed E-state index contributed by atoms with van der Waals surface area (Å²) in [5.41, 5.74) is 0. The van der Waals surface area contributed by atoms with Gasteiger partial charge in [0.1, 0.15) is 10.1 Å². The van der Waals surface area contributed by atoms with E-state index in [9.17, 15) is 9.59 Å². The van der Waals surface area contributed by atoms with Gasteiger partial charge in [0.25, 0.3) is 5.91 Å². The highest BCUT2D eigenvalue weighted by atomic mass is 35.5. The molecule has 0 saturated carbocycles. The molecule has 0 aliphatic rings. The van der Waals surface area contributed by atoms with E-state index in [0.717, 1.165) is 0 Å². The molecule has 0 heterocycles. The van der Waals surface area contributed by atoms with E-state index in [0.29, 0.717) is 13.1 Å². The number of carboxylic acid groups (broad SMARTS) is 1. The van der Waals surface area contributed by atoms with Gasteiger partial charge in [-0.25, -0.2) is 4.79 Å². The third-order valence-electron chi connectivity index (χ3n) is 1.62. The summed E-state index contributed by atoms with van der Waals surface area (Å²) in [7, 11) is 0. The van der Waals surface area contributed by atoms with Gasteiger partial charge in [-0.05, 0) is 13.8 Å². The van der Waals surface area contributed by atoms with Crippen molar-refractivity contribution < 1.29 is 14.7 Å². The van der Waals surface area contributed by atoms with Crippen LogP contribution in [0.15, 0.2) is 10.1 Å². The number of carboxylic acids is 1. The Labute approximate surface area is 92.1 Å². The van der Waals surface area contributed by atoms with Crippen molar-refractivity contribution in [2.45, 2.75) is 13.8 Å². The predicted octanol–water partition coefficient (Wildman–Crippen LogP) is 1.63. The Morgan fingerprint density at radius 2 is 1.57 bits per heavy atom. The van der Waals surface area contributed by atoms with E-state index < -0.39 is 21.9 Å². The van der Waals surface area contributed by atoms with Crippen molar-refractivity contribution in [3.63, 3.8) is 0 Å². The van der Waals surface area contributed by atoms with E-state index in [-0.39, 0.29) is 0 Å². The molecule has 0 aliphatic heterocycles. The number of nitrogens with zero attached hydrogens (tertiary/aromatic N) is 1. The average Bonchev–Trinajstić information content (AvgIpc) is 2.17. The number of rotatable bonds is 4. The number of carbonyl (C=O) groups excluding carboxylic acids is 1. The summed E-state index contributed by atoms with van der Waals surface area (Å²) in [4.78, 5) is 23.2.